The topological polar surface area (TPSA) is 251 Å². The Labute approximate surface area is 177 Å². The first kappa shape index (κ1) is 27.7. The maximum Gasteiger partial charge on any atom is 0.328 e. The van der Waals surface area contributed by atoms with Gasteiger partial charge < -0.3 is 42.7 Å². The maximum atomic E-state index is 12.6. The molecule has 0 aromatic heterocycles. The number of aliphatic hydroxyl groups excluding tert-OH is 1. The second-order valence-electron chi connectivity index (χ2n) is 6.91. The molecule has 10 N–H and O–H groups in total. The third-order valence-electron chi connectivity index (χ3n) is 4.05. The first-order valence-electron chi connectivity index (χ1n) is 9.33. The summed E-state index contributed by atoms with van der Waals surface area (Å²) in [7, 11) is 0. The number of nitrogens with one attached hydrogen (secondary N) is 3. The van der Waals surface area contributed by atoms with Crippen LogP contribution in [-0.2, 0) is 28.8 Å². The van der Waals surface area contributed by atoms with E-state index < -0.39 is 72.3 Å². The fourth-order valence-corrected chi connectivity index (χ4v) is 2.31. The van der Waals surface area contributed by atoms with Crippen LogP contribution in [0.2, 0.25) is 0 Å². The lowest BCUT2D eigenvalue weighted by Gasteiger charge is -2.25. The van der Waals surface area contributed by atoms with E-state index >= 15 is 0 Å². The van der Waals surface area contributed by atoms with Crippen molar-refractivity contribution in [2.75, 3.05) is 0 Å². The van der Waals surface area contributed by atoms with E-state index in [1.807, 2.05) is 5.32 Å². The zero-order valence-electron chi connectivity index (χ0n) is 17.2. The molecule has 0 spiro atoms. The Balaban J connectivity index is 5.53. The predicted octanol–water partition coefficient (Wildman–Crippen LogP) is -3.62. The quantitative estimate of drug-likeness (QED) is 0.130. The van der Waals surface area contributed by atoms with Crippen LogP contribution in [0, 0.1) is 0 Å². The van der Waals surface area contributed by atoms with Gasteiger partial charge in [0.2, 0.25) is 23.6 Å². The van der Waals surface area contributed by atoms with E-state index in [0.717, 1.165) is 6.92 Å². The fraction of sp³-hybridized carbons (Fsp3) is 0.647. The SMILES string of the molecule is CC(N)C(=O)NC(CCC(=O)O)C(=O)NC(CCC(N)=O)C(=O)NC(C(=O)O)C(C)O. The van der Waals surface area contributed by atoms with Crippen LogP contribution < -0.4 is 27.4 Å². The first-order valence-corrected chi connectivity index (χ1v) is 9.33. The molecule has 0 aromatic carbocycles. The third kappa shape index (κ3) is 10.9. The number of hydrogen-bond donors (Lipinski definition) is 8. The zero-order valence-corrected chi connectivity index (χ0v) is 17.2. The monoisotopic (exact) mass is 447 g/mol. The number of primary amides is 1. The predicted molar refractivity (Wildman–Crippen MR) is 104 cm³/mol. The van der Waals surface area contributed by atoms with Crippen molar-refractivity contribution in [1.29, 1.82) is 0 Å². The van der Waals surface area contributed by atoms with Gasteiger partial charge in [-0.25, -0.2) is 4.79 Å². The van der Waals surface area contributed by atoms with Gasteiger partial charge >= 0.3 is 11.9 Å². The molecule has 4 amide bonds. The van der Waals surface area contributed by atoms with E-state index in [9.17, 15) is 33.9 Å². The molecule has 0 aliphatic heterocycles. The molecule has 0 saturated heterocycles. The molecule has 14 heteroatoms. The number of rotatable bonds is 14. The van der Waals surface area contributed by atoms with Gasteiger partial charge in [-0.2, -0.15) is 0 Å². The summed E-state index contributed by atoms with van der Waals surface area (Å²) < 4.78 is 0. The van der Waals surface area contributed by atoms with Gasteiger partial charge in [0.25, 0.3) is 0 Å². The van der Waals surface area contributed by atoms with Crippen LogP contribution in [0.3, 0.4) is 0 Å². The number of nitrogens with two attached hydrogens (primary N) is 2. The van der Waals surface area contributed by atoms with Gasteiger partial charge in [0.1, 0.15) is 12.1 Å². The Hall–Kier alpha value is -3.26. The molecule has 0 bridgehead atoms. The van der Waals surface area contributed by atoms with Crippen molar-refractivity contribution in [1.82, 2.24) is 16.0 Å². The minimum Gasteiger partial charge on any atom is -0.481 e. The van der Waals surface area contributed by atoms with Gasteiger partial charge in [-0.3, -0.25) is 24.0 Å². The molecule has 14 nitrogen and oxygen atoms in total. The third-order valence-corrected chi connectivity index (χ3v) is 4.05. The Morgan fingerprint density at radius 3 is 1.65 bits per heavy atom. The van der Waals surface area contributed by atoms with Crippen molar-refractivity contribution in [3.8, 4) is 0 Å². The van der Waals surface area contributed by atoms with Crippen LogP contribution in [0.15, 0.2) is 0 Å². The summed E-state index contributed by atoms with van der Waals surface area (Å²) >= 11 is 0. The maximum absolute atomic E-state index is 12.6. The van der Waals surface area contributed by atoms with E-state index in [1.165, 1.54) is 6.92 Å². The number of aliphatic hydroxyl groups is 1. The minimum atomic E-state index is -1.69. The number of amides is 4. The van der Waals surface area contributed by atoms with E-state index in [4.69, 9.17) is 21.7 Å². The molecular formula is C17H29N5O9. The highest BCUT2D eigenvalue weighted by Gasteiger charge is 2.31. The molecule has 5 atom stereocenters. The van der Waals surface area contributed by atoms with E-state index in [-0.39, 0.29) is 19.3 Å². The number of carbonyl (C=O) groups excluding carboxylic acids is 4. The van der Waals surface area contributed by atoms with Crippen LogP contribution in [-0.4, -0.2) is 81.2 Å². The molecule has 0 fully saturated rings. The molecule has 0 aliphatic carbocycles. The smallest absolute Gasteiger partial charge is 0.328 e. The van der Waals surface area contributed by atoms with Crippen LogP contribution in [0.4, 0.5) is 0 Å². The summed E-state index contributed by atoms with van der Waals surface area (Å²) in [5.41, 5.74) is 10.5. The lowest BCUT2D eigenvalue weighted by Crippen LogP contribution is -2.58. The average molecular weight is 447 g/mol. The van der Waals surface area contributed by atoms with Crippen LogP contribution in [0.5, 0.6) is 0 Å². The van der Waals surface area contributed by atoms with Crippen molar-refractivity contribution >= 4 is 35.6 Å². The summed E-state index contributed by atoms with van der Waals surface area (Å²) in [5.74, 6) is -6.31. The second-order valence-corrected chi connectivity index (χ2v) is 6.91. The molecule has 0 rings (SSSR count). The molecule has 0 radical (unpaired) electrons. The number of aliphatic carboxylic acids is 2. The molecule has 0 heterocycles. The van der Waals surface area contributed by atoms with Crippen molar-refractivity contribution in [2.45, 2.75) is 69.8 Å². The van der Waals surface area contributed by atoms with Gasteiger partial charge in [-0.05, 0) is 26.7 Å². The lowest BCUT2D eigenvalue weighted by atomic mass is 10.1. The summed E-state index contributed by atoms with van der Waals surface area (Å²) in [6, 6.07) is -5.52. The van der Waals surface area contributed by atoms with Crippen molar-refractivity contribution in [3.05, 3.63) is 0 Å². The number of carboxylic acid groups (broad SMARTS) is 2. The molecular weight excluding hydrogens is 418 g/mol. The van der Waals surface area contributed by atoms with Crippen molar-refractivity contribution < 1.29 is 44.1 Å². The number of carboxylic acids is 2. The summed E-state index contributed by atoms with van der Waals surface area (Å²) in [5, 5.41) is 34.0. The van der Waals surface area contributed by atoms with Gasteiger partial charge in [0, 0.05) is 12.8 Å². The molecule has 176 valence electrons. The largest absolute Gasteiger partial charge is 0.481 e. The molecule has 0 saturated carbocycles. The van der Waals surface area contributed by atoms with Crippen LogP contribution >= 0.6 is 0 Å². The summed E-state index contributed by atoms with van der Waals surface area (Å²) in [4.78, 5) is 70.0. The minimum absolute atomic E-state index is 0.314. The van der Waals surface area contributed by atoms with Crippen molar-refractivity contribution in [3.63, 3.8) is 0 Å². The standard InChI is InChI=1S/C17H29N5O9/c1-7(18)14(27)20-10(4-6-12(25)26)15(28)21-9(3-5-11(19)24)16(29)22-13(8(2)23)17(30)31/h7-10,13,23H,3-6,18H2,1-2H3,(H2,19,24)(H,20,27)(H,21,28)(H,22,29)(H,25,26)(H,30,31). The normalized spacial score (nSPS) is 15.5. The average Bonchev–Trinajstić information content (AvgIpc) is 2.64. The lowest BCUT2D eigenvalue weighted by molar-refractivity contribution is -0.145. The summed E-state index contributed by atoms with van der Waals surface area (Å²) in [6.07, 6.45) is -2.95. The molecule has 0 aromatic rings. The van der Waals surface area contributed by atoms with Crippen LogP contribution in [0.25, 0.3) is 0 Å². The Morgan fingerprint density at radius 1 is 0.806 bits per heavy atom. The highest BCUT2D eigenvalue weighted by Crippen LogP contribution is 2.05. The summed E-state index contributed by atoms with van der Waals surface area (Å²) in [6.45, 7) is 2.47. The molecule has 5 unspecified atom stereocenters. The Bertz CT molecular complexity index is 695. The second kappa shape index (κ2) is 13.1. The highest BCUT2D eigenvalue weighted by atomic mass is 16.4. The van der Waals surface area contributed by atoms with Gasteiger partial charge in [0.05, 0.1) is 12.1 Å². The van der Waals surface area contributed by atoms with Crippen molar-refractivity contribution in [2.24, 2.45) is 11.5 Å². The Morgan fingerprint density at radius 2 is 1.26 bits per heavy atom. The van der Waals surface area contributed by atoms with E-state index in [1.54, 1.807) is 0 Å². The highest BCUT2D eigenvalue weighted by molar-refractivity contribution is 5.94. The first-order chi connectivity index (χ1) is 14.3. The Kier molecular flexibility index (Phi) is 11.7. The number of hydrogen-bond acceptors (Lipinski definition) is 8. The van der Waals surface area contributed by atoms with Crippen LogP contribution in [0.1, 0.15) is 39.5 Å². The van der Waals surface area contributed by atoms with E-state index in [0.29, 0.717) is 0 Å². The zero-order chi connectivity index (χ0) is 24.3. The molecule has 0 aliphatic rings. The van der Waals surface area contributed by atoms with Gasteiger partial charge in [0.15, 0.2) is 6.04 Å². The van der Waals surface area contributed by atoms with Gasteiger partial charge in [-0.1, -0.05) is 0 Å². The molecule has 31 heavy (non-hydrogen) atoms. The fourth-order valence-electron chi connectivity index (χ4n) is 2.31. The van der Waals surface area contributed by atoms with Gasteiger partial charge in [-0.15, -0.1) is 0 Å². The van der Waals surface area contributed by atoms with E-state index in [2.05, 4.69) is 10.6 Å². The number of carbonyl (C=O) groups is 6.